The second-order valence-electron chi connectivity index (χ2n) is 3.15. The lowest BCUT2D eigenvalue weighted by molar-refractivity contribution is -0.278. The zero-order valence-electron chi connectivity index (χ0n) is 7.91. The second-order valence-corrected chi connectivity index (χ2v) is 4.06. The van der Waals surface area contributed by atoms with Crippen molar-refractivity contribution in [2.75, 3.05) is 6.61 Å². The standard InChI is InChI=1S/C7H16O6Si/c1-14-13-7-6(11)5(10)4(9)3(2-8)12-7/h3-11H,2,14H2,1H3/t3-,4-,5+,6-,7+/m1/s1. The van der Waals surface area contributed by atoms with Crippen LogP contribution >= 0.6 is 0 Å². The van der Waals surface area contributed by atoms with E-state index in [1.165, 1.54) is 0 Å². The fourth-order valence-electron chi connectivity index (χ4n) is 1.37. The first-order valence-corrected chi connectivity index (χ1v) is 6.53. The average Bonchev–Trinajstić information content (AvgIpc) is 2.19. The van der Waals surface area contributed by atoms with E-state index >= 15 is 0 Å². The molecule has 84 valence electrons. The first kappa shape index (κ1) is 12.0. The van der Waals surface area contributed by atoms with Gasteiger partial charge >= 0.3 is 0 Å². The molecule has 1 saturated heterocycles. The maximum absolute atomic E-state index is 9.43. The molecule has 5 atom stereocenters. The third kappa shape index (κ3) is 2.31. The van der Waals surface area contributed by atoms with Gasteiger partial charge in [0.25, 0.3) is 0 Å². The molecule has 0 spiro atoms. The van der Waals surface area contributed by atoms with Crippen LogP contribution in [0.15, 0.2) is 0 Å². The molecule has 0 aromatic heterocycles. The lowest BCUT2D eigenvalue weighted by atomic mass is 10.00. The van der Waals surface area contributed by atoms with Crippen molar-refractivity contribution in [1.29, 1.82) is 0 Å². The summed E-state index contributed by atoms with van der Waals surface area (Å²) in [5.41, 5.74) is 0. The third-order valence-corrected chi connectivity index (χ3v) is 2.84. The molecule has 0 bridgehead atoms. The van der Waals surface area contributed by atoms with E-state index < -0.39 is 47.1 Å². The monoisotopic (exact) mass is 224 g/mol. The van der Waals surface area contributed by atoms with Crippen LogP contribution < -0.4 is 0 Å². The maximum atomic E-state index is 9.43. The molecule has 0 unspecified atom stereocenters. The van der Waals surface area contributed by atoms with E-state index in [2.05, 4.69) is 0 Å². The van der Waals surface area contributed by atoms with Gasteiger partial charge in [-0.2, -0.15) is 0 Å². The fourth-order valence-corrected chi connectivity index (χ4v) is 1.97. The Morgan fingerprint density at radius 3 is 2.36 bits per heavy atom. The van der Waals surface area contributed by atoms with Gasteiger partial charge in [0, 0.05) is 0 Å². The fraction of sp³-hybridized carbons (Fsp3) is 1.00. The van der Waals surface area contributed by atoms with Crippen LogP contribution in [0.3, 0.4) is 0 Å². The molecular weight excluding hydrogens is 208 g/mol. The van der Waals surface area contributed by atoms with Gasteiger partial charge in [0.1, 0.15) is 24.4 Å². The Morgan fingerprint density at radius 1 is 1.21 bits per heavy atom. The Labute approximate surface area is 84.0 Å². The highest BCUT2D eigenvalue weighted by molar-refractivity contribution is 6.24. The summed E-state index contributed by atoms with van der Waals surface area (Å²) in [5.74, 6) is 0. The van der Waals surface area contributed by atoms with Crippen LogP contribution in [0.4, 0.5) is 0 Å². The molecular formula is C7H16O6Si. The summed E-state index contributed by atoms with van der Waals surface area (Å²) in [7, 11) is -0.792. The molecule has 4 N–H and O–H groups in total. The molecule has 1 fully saturated rings. The molecule has 1 aliphatic rings. The molecule has 0 aromatic carbocycles. The molecule has 1 aliphatic heterocycles. The Balaban J connectivity index is 2.63. The van der Waals surface area contributed by atoms with Crippen molar-refractivity contribution in [3.05, 3.63) is 0 Å². The second kappa shape index (κ2) is 5.17. The molecule has 1 rings (SSSR count). The van der Waals surface area contributed by atoms with Gasteiger partial charge in [-0.15, -0.1) is 0 Å². The number of aliphatic hydroxyl groups is 4. The van der Waals surface area contributed by atoms with E-state index in [1.807, 2.05) is 6.55 Å². The lowest BCUT2D eigenvalue weighted by Gasteiger charge is -2.39. The van der Waals surface area contributed by atoms with E-state index in [1.54, 1.807) is 0 Å². The Hall–Kier alpha value is -0.0231. The minimum atomic E-state index is -1.34. The summed E-state index contributed by atoms with van der Waals surface area (Å²) < 4.78 is 10.2. The summed E-state index contributed by atoms with van der Waals surface area (Å²) in [6.07, 6.45) is -5.73. The van der Waals surface area contributed by atoms with Crippen LogP contribution in [0.25, 0.3) is 0 Å². The van der Waals surface area contributed by atoms with Crippen LogP contribution in [-0.4, -0.2) is 67.5 Å². The number of aliphatic hydroxyl groups excluding tert-OH is 4. The molecule has 0 aliphatic carbocycles. The Bertz CT molecular complexity index is 176. The summed E-state index contributed by atoms with van der Waals surface area (Å²) in [4.78, 5) is 0. The summed E-state index contributed by atoms with van der Waals surface area (Å²) in [6.45, 7) is 1.43. The topological polar surface area (TPSA) is 99.4 Å². The number of ether oxygens (including phenoxy) is 1. The van der Waals surface area contributed by atoms with E-state index in [0.29, 0.717) is 0 Å². The molecule has 0 saturated carbocycles. The molecule has 6 nitrogen and oxygen atoms in total. The minimum absolute atomic E-state index is 0.421. The van der Waals surface area contributed by atoms with E-state index in [0.717, 1.165) is 0 Å². The van der Waals surface area contributed by atoms with Crippen molar-refractivity contribution in [3.8, 4) is 0 Å². The average molecular weight is 224 g/mol. The predicted molar refractivity (Wildman–Crippen MR) is 49.3 cm³/mol. The quantitative estimate of drug-likeness (QED) is 0.380. The smallest absolute Gasteiger partial charge is 0.176 e. The van der Waals surface area contributed by atoms with Gasteiger partial charge in [-0.1, -0.05) is 6.55 Å². The zero-order valence-corrected chi connectivity index (χ0v) is 9.32. The largest absolute Gasteiger partial charge is 0.398 e. The van der Waals surface area contributed by atoms with Gasteiger partial charge in [0.05, 0.1) is 6.61 Å². The number of hydrogen-bond acceptors (Lipinski definition) is 6. The van der Waals surface area contributed by atoms with E-state index in [-0.39, 0.29) is 0 Å². The Kier molecular flexibility index (Phi) is 4.45. The van der Waals surface area contributed by atoms with Gasteiger partial charge < -0.3 is 29.6 Å². The summed E-state index contributed by atoms with van der Waals surface area (Å²) in [6, 6.07) is 0. The normalized spacial score (nSPS) is 44.8. The zero-order chi connectivity index (χ0) is 10.7. The van der Waals surface area contributed by atoms with Gasteiger partial charge in [0.15, 0.2) is 16.1 Å². The SMILES string of the molecule is C[SiH2]O[C@@H]1O[C@H](CO)[C@@H](O)[C@H](O)[C@H]1O. The van der Waals surface area contributed by atoms with Crippen LogP contribution in [0.2, 0.25) is 6.55 Å². The van der Waals surface area contributed by atoms with E-state index in [4.69, 9.17) is 14.3 Å². The first-order chi connectivity index (χ1) is 6.61. The van der Waals surface area contributed by atoms with Crippen molar-refractivity contribution in [2.45, 2.75) is 37.3 Å². The molecule has 0 aromatic rings. The van der Waals surface area contributed by atoms with Crippen molar-refractivity contribution in [3.63, 3.8) is 0 Å². The summed E-state index contributed by atoms with van der Waals surface area (Å²) >= 11 is 0. The van der Waals surface area contributed by atoms with Crippen molar-refractivity contribution in [1.82, 2.24) is 0 Å². The van der Waals surface area contributed by atoms with Gasteiger partial charge in [-0.3, -0.25) is 0 Å². The maximum Gasteiger partial charge on any atom is 0.176 e. The van der Waals surface area contributed by atoms with Crippen molar-refractivity contribution >= 4 is 9.76 Å². The highest BCUT2D eigenvalue weighted by atomic mass is 28.2. The molecule has 0 amide bonds. The van der Waals surface area contributed by atoms with Crippen molar-refractivity contribution in [2.24, 2.45) is 0 Å². The van der Waals surface area contributed by atoms with Crippen LogP contribution in [-0.2, 0) is 9.16 Å². The first-order valence-electron chi connectivity index (χ1n) is 4.54. The number of hydrogen-bond donors (Lipinski definition) is 4. The van der Waals surface area contributed by atoms with Crippen LogP contribution in [0.5, 0.6) is 0 Å². The third-order valence-electron chi connectivity index (χ3n) is 2.18. The number of rotatable bonds is 3. The summed E-state index contributed by atoms with van der Waals surface area (Å²) in [5, 5.41) is 37.0. The van der Waals surface area contributed by atoms with Crippen molar-refractivity contribution < 1.29 is 29.6 Å². The van der Waals surface area contributed by atoms with Crippen LogP contribution in [0, 0.1) is 0 Å². The van der Waals surface area contributed by atoms with Gasteiger partial charge in [-0.25, -0.2) is 0 Å². The molecule has 0 radical (unpaired) electrons. The van der Waals surface area contributed by atoms with E-state index in [9.17, 15) is 15.3 Å². The lowest BCUT2D eigenvalue weighted by Crippen LogP contribution is -2.59. The molecule has 14 heavy (non-hydrogen) atoms. The van der Waals surface area contributed by atoms with Gasteiger partial charge in [0.2, 0.25) is 0 Å². The Morgan fingerprint density at radius 2 is 1.86 bits per heavy atom. The highest BCUT2D eigenvalue weighted by Gasteiger charge is 2.43. The molecule has 7 heteroatoms. The van der Waals surface area contributed by atoms with Gasteiger partial charge in [-0.05, 0) is 0 Å². The molecule has 1 heterocycles. The van der Waals surface area contributed by atoms with Crippen LogP contribution in [0.1, 0.15) is 0 Å². The highest BCUT2D eigenvalue weighted by Crippen LogP contribution is 2.21. The predicted octanol–water partition coefficient (Wildman–Crippen LogP) is -3.07. The minimum Gasteiger partial charge on any atom is -0.398 e.